The van der Waals surface area contributed by atoms with Gasteiger partial charge < -0.3 is 14.6 Å². The highest BCUT2D eigenvalue weighted by atomic mass is 35.5. The summed E-state index contributed by atoms with van der Waals surface area (Å²) in [5.74, 6) is 1.29. The molecule has 2 aromatic rings. The zero-order chi connectivity index (χ0) is 13.8. The van der Waals surface area contributed by atoms with E-state index in [1.54, 1.807) is 0 Å². The molecule has 106 valence electrons. The van der Waals surface area contributed by atoms with Gasteiger partial charge in [0.05, 0.1) is 12.6 Å². The Hall–Kier alpha value is -1.59. The predicted molar refractivity (Wildman–Crippen MR) is 75.8 cm³/mol. The summed E-state index contributed by atoms with van der Waals surface area (Å²) in [5.41, 5.74) is 0.966. The Kier molecular flexibility index (Phi) is 4.18. The van der Waals surface area contributed by atoms with Crippen molar-refractivity contribution in [2.24, 2.45) is 0 Å². The van der Waals surface area contributed by atoms with Gasteiger partial charge in [0.25, 0.3) is 0 Å². The standard InChI is InChI=1S/C14H16ClN3O2/c15-10-3-5-11(6-4-10)16-9-14-17-13(18-20-14)8-12-2-1-7-19-12/h3-6,12,16H,1-2,7-9H2. The lowest BCUT2D eigenvalue weighted by Gasteiger charge is -2.04. The first kappa shape index (κ1) is 13.4. The molecule has 0 spiro atoms. The van der Waals surface area contributed by atoms with Crippen LogP contribution in [0.4, 0.5) is 5.69 Å². The van der Waals surface area contributed by atoms with E-state index in [9.17, 15) is 0 Å². The first-order chi connectivity index (χ1) is 9.79. The van der Waals surface area contributed by atoms with Gasteiger partial charge in [-0.05, 0) is 37.1 Å². The molecule has 20 heavy (non-hydrogen) atoms. The van der Waals surface area contributed by atoms with E-state index in [0.717, 1.165) is 31.6 Å². The summed E-state index contributed by atoms with van der Waals surface area (Å²) < 4.78 is 10.8. The van der Waals surface area contributed by atoms with E-state index in [2.05, 4.69) is 15.5 Å². The van der Waals surface area contributed by atoms with Gasteiger partial charge in [0.1, 0.15) is 0 Å². The first-order valence-electron chi connectivity index (χ1n) is 6.72. The fraction of sp³-hybridized carbons (Fsp3) is 0.429. The summed E-state index contributed by atoms with van der Waals surface area (Å²) in [7, 11) is 0. The number of ether oxygens (including phenoxy) is 1. The maximum atomic E-state index is 5.83. The van der Waals surface area contributed by atoms with Gasteiger partial charge in [0.2, 0.25) is 5.89 Å². The van der Waals surface area contributed by atoms with Crippen molar-refractivity contribution in [2.45, 2.75) is 31.9 Å². The molecule has 3 rings (SSSR count). The number of aromatic nitrogens is 2. The molecule has 0 aliphatic carbocycles. The third-order valence-corrected chi connectivity index (χ3v) is 3.48. The van der Waals surface area contributed by atoms with Gasteiger partial charge in [-0.2, -0.15) is 4.98 Å². The average molecular weight is 294 g/mol. The molecule has 0 radical (unpaired) electrons. The molecule has 1 N–H and O–H groups in total. The molecule has 5 nitrogen and oxygen atoms in total. The van der Waals surface area contributed by atoms with Crippen LogP contribution in [0, 0.1) is 0 Å². The normalized spacial score (nSPS) is 18.4. The molecule has 1 aromatic carbocycles. The highest BCUT2D eigenvalue weighted by Gasteiger charge is 2.18. The second kappa shape index (κ2) is 6.24. The summed E-state index contributed by atoms with van der Waals surface area (Å²) in [5, 5.41) is 7.90. The second-order valence-corrected chi connectivity index (χ2v) is 5.24. The average Bonchev–Trinajstić information content (AvgIpc) is 3.11. The van der Waals surface area contributed by atoms with Crippen molar-refractivity contribution < 1.29 is 9.26 Å². The van der Waals surface area contributed by atoms with Crippen LogP contribution in [0.1, 0.15) is 24.6 Å². The van der Waals surface area contributed by atoms with Gasteiger partial charge in [-0.3, -0.25) is 0 Å². The third-order valence-electron chi connectivity index (χ3n) is 3.23. The number of hydrogen-bond acceptors (Lipinski definition) is 5. The van der Waals surface area contributed by atoms with Crippen LogP contribution in [-0.4, -0.2) is 22.9 Å². The van der Waals surface area contributed by atoms with E-state index >= 15 is 0 Å². The van der Waals surface area contributed by atoms with E-state index in [4.69, 9.17) is 20.9 Å². The highest BCUT2D eigenvalue weighted by Crippen LogP contribution is 2.16. The summed E-state index contributed by atoms with van der Waals surface area (Å²) in [4.78, 5) is 4.36. The minimum absolute atomic E-state index is 0.240. The maximum Gasteiger partial charge on any atom is 0.245 e. The van der Waals surface area contributed by atoms with Gasteiger partial charge in [-0.1, -0.05) is 16.8 Å². The van der Waals surface area contributed by atoms with Crippen molar-refractivity contribution in [3.63, 3.8) is 0 Å². The summed E-state index contributed by atoms with van der Waals surface area (Å²) in [6, 6.07) is 7.49. The fourth-order valence-corrected chi connectivity index (χ4v) is 2.33. The molecule has 1 saturated heterocycles. The Morgan fingerprint density at radius 1 is 1.30 bits per heavy atom. The summed E-state index contributed by atoms with van der Waals surface area (Å²) >= 11 is 5.83. The van der Waals surface area contributed by atoms with Crippen molar-refractivity contribution in [2.75, 3.05) is 11.9 Å². The van der Waals surface area contributed by atoms with Gasteiger partial charge in [0.15, 0.2) is 5.82 Å². The van der Waals surface area contributed by atoms with Crippen molar-refractivity contribution in [1.82, 2.24) is 10.1 Å². The fourth-order valence-electron chi connectivity index (χ4n) is 2.20. The number of nitrogens with one attached hydrogen (secondary N) is 1. The number of benzene rings is 1. The molecular formula is C14H16ClN3O2. The SMILES string of the molecule is Clc1ccc(NCc2nc(CC3CCCO3)no2)cc1. The Labute approximate surface area is 122 Å². The smallest absolute Gasteiger partial charge is 0.245 e. The van der Waals surface area contributed by atoms with E-state index in [1.165, 1.54) is 0 Å². The molecule has 1 unspecified atom stereocenters. The van der Waals surface area contributed by atoms with Crippen LogP contribution in [-0.2, 0) is 17.7 Å². The van der Waals surface area contributed by atoms with Crippen LogP contribution in [0.15, 0.2) is 28.8 Å². The van der Waals surface area contributed by atoms with Gasteiger partial charge in [-0.15, -0.1) is 0 Å². The van der Waals surface area contributed by atoms with E-state index in [-0.39, 0.29) is 6.10 Å². The van der Waals surface area contributed by atoms with Crippen LogP contribution in [0.25, 0.3) is 0 Å². The number of halogens is 1. The van der Waals surface area contributed by atoms with Gasteiger partial charge in [-0.25, -0.2) is 0 Å². The molecule has 1 atom stereocenters. The minimum atomic E-state index is 0.240. The molecule has 0 bridgehead atoms. The molecule has 1 fully saturated rings. The molecule has 6 heteroatoms. The topological polar surface area (TPSA) is 60.2 Å². The Bertz CT molecular complexity index is 550. The lowest BCUT2D eigenvalue weighted by Crippen LogP contribution is -2.10. The van der Waals surface area contributed by atoms with E-state index < -0.39 is 0 Å². The van der Waals surface area contributed by atoms with Crippen molar-refractivity contribution >= 4 is 17.3 Å². The Morgan fingerprint density at radius 3 is 2.90 bits per heavy atom. The monoisotopic (exact) mass is 293 g/mol. The summed E-state index contributed by atoms with van der Waals surface area (Å²) in [6.07, 6.45) is 3.16. The zero-order valence-electron chi connectivity index (χ0n) is 11.0. The largest absolute Gasteiger partial charge is 0.378 e. The molecule has 1 aromatic heterocycles. The van der Waals surface area contributed by atoms with Gasteiger partial charge >= 0.3 is 0 Å². The third kappa shape index (κ3) is 3.49. The second-order valence-electron chi connectivity index (χ2n) is 4.80. The predicted octanol–water partition coefficient (Wildman–Crippen LogP) is 3.06. The van der Waals surface area contributed by atoms with Crippen LogP contribution in [0.3, 0.4) is 0 Å². The maximum absolute atomic E-state index is 5.83. The number of hydrogen-bond donors (Lipinski definition) is 1. The van der Waals surface area contributed by atoms with E-state index in [1.807, 2.05) is 24.3 Å². The van der Waals surface area contributed by atoms with Crippen molar-refractivity contribution in [3.8, 4) is 0 Å². The minimum Gasteiger partial charge on any atom is -0.378 e. The summed E-state index contributed by atoms with van der Waals surface area (Å²) in [6.45, 7) is 1.34. The highest BCUT2D eigenvalue weighted by molar-refractivity contribution is 6.30. The van der Waals surface area contributed by atoms with Crippen LogP contribution in [0.2, 0.25) is 5.02 Å². The first-order valence-corrected chi connectivity index (χ1v) is 7.10. The lowest BCUT2D eigenvalue weighted by atomic mass is 10.2. The van der Waals surface area contributed by atoms with Crippen LogP contribution >= 0.6 is 11.6 Å². The Morgan fingerprint density at radius 2 is 2.15 bits per heavy atom. The number of anilines is 1. The van der Waals surface area contributed by atoms with Crippen molar-refractivity contribution in [3.05, 3.63) is 41.0 Å². The molecule has 0 amide bonds. The molecular weight excluding hydrogens is 278 g/mol. The molecule has 0 saturated carbocycles. The number of nitrogens with zero attached hydrogens (tertiary/aromatic N) is 2. The quantitative estimate of drug-likeness (QED) is 0.918. The van der Waals surface area contributed by atoms with Gasteiger partial charge in [0, 0.05) is 23.7 Å². The Balaban J connectivity index is 1.52. The van der Waals surface area contributed by atoms with Crippen molar-refractivity contribution in [1.29, 1.82) is 0 Å². The number of rotatable bonds is 5. The molecule has 1 aliphatic heterocycles. The molecule has 2 heterocycles. The zero-order valence-corrected chi connectivity index (χ0v) is 11.8. The van der Waals surface area contributed by atoms with E-state index in [0.29, 0.717) is 23.3 Å². The van der Waals surface area contributed by atoms with Crippen LogP contribution in [0.5, 0.6) is 0 Å². The molecule has 1 aliphatic rings. The lowest BCUT2D eigenvalue weighted by molar-refractivity contribution is 0.109. The van der Waals surface area contributed by atoms with Crippen LogP contribution < -0.4 is 5.32 Å².